The molecule has 0 atom stereocenters. The highest BCUT2D eigenvalue weighted by atomic mass is 79.9. The molecule has 0 amide bonds. The van der Waals surface area contributed by atoms with E-state index < -0.39 is 0 Å². The molecule has 0 unspecified atom stereocenters. The number of halogens is 2. The molecule has 0 N–H and O–H groups in total. The molecular formula is C15H11BrClNO. The maximum absolute atomic E-state index is 8.72. The fourth-order valence-corrected chi connectivity index (χ4v) is 2.35. The average molecular weight is 337 g/mol. The standard InChI is InChI=1S/C15H11BrClNO/c16-15-6-5-14(7-13(15)8-17)19-10-12-3-1-11(9-18)2-4-12/h1-7H,8,10H2. The monoisotopic (exact) mass is 335 g/mol. The van der Waals surface area contributed by atoms with Crippen molar-refractivity contribution in [2.75, 3.05) is 0 Å². The molecule has 4 heteroatoms. The van der Waals surface area contributed by atoms with Gasteiger partial charge in [-0.1, -0.05) is 28.1 Å². The van der Waals surface area contributed by atoms with Crippen LogP contribution in [0, 0.1) is 11.3 Å². The molecular weight excluding hydrogens is 326 g/mol. The van der Waals surface area contributed by atoms with Gasteiger partial charge in [0.25, 0.3) is 0 Å². The topological polar surface area (TPSA) is 33.0 Å². The van der Waals surface area contributed by atoms with Crippen LogP contribution in [0.5, 0.6) is 5.75 Å². The molecule has 0 fully saturated rings. The van der Waals surface area contributed by atoms with E-state index in [-0.39, 0.29) is 0 Å². The van der Waals surface area contributed by atoms with E-state index in [4.69, 9.17) is 21.6 Å². The van der Waals surface area contributed by atoms with Gasteiger partial charge < -0.3 is 4.74 Å². The minimum atomic E-state index is 0.439. The van der Waals surface area contributed by atoms with E-state index in [1.54, 1.807) is 12.1 Å². The van der Waals surface area contributed by atoms with Crippen molar-refractivity contribution in [3.8, 4) is 11.8 Å². The Morgan fingerprint density at radius 2 is 1.89 bits per heavy atom. The average Bonchev–Trinajstić information content (AvgIpc) is 2.47. The first-order valence-electron chi connectivity index (χ1n) is 5.69. The third-order valence-electron chi connectivity index (χ3n) is 2.65. The van der Waals surface area contributed by atoms with Gasteiger partial charge in [-0.3, -0.25) is 0 Å². The van der Waals surface area contributed by atoms with E-state index in [2.05, 4.69) is 22.0 Å². The lowest BCUT2D eigenvalue weighted by Gasteiger charge is -2.08. The Labute approximate surface area is 125 Å². The number of alkyl halides is 1. The first-order chi connectivity index (χ1) is 9.22. The molecule has 2 aromatic rings. The summed E-state index contributed by atoms with van der Waals surface area (Å²) in [7, 11) is 0. The van der Waals surface area contributed by atoms with Crippen molar-refractivity contribution in [3.05, 3.63) is 63.6 Å². The number of nitrogens with zero attached hydrogens (tertiary/aromatic N) is 1. The lowest BCUT2D eigenvalue weighted by atomic mass is 10.1. The fraction of sp³-hybridized carbons (Fsp3) is 0.133. The largest absolute Gasteiger partial charge is 0.489 e. The summed E-state index contributed by atoms with van der Waals surface area (Å²) in [5.74, 6) is 1.22. The zero-order chi connectivity index (χ0) is 13.7. The molecule has 0 aromatic heterocycles. The molecule has 0 aliphatic heterocycles. The number of ether oxygens (including phenoxy) is 1. The van der Waals surface area contributed by atoms with E-state index in [1.807, 2.05) is 30.3 Å². The van der Waals surface area contributed by atoms with E-state index in [0.29, 0.717) is 18.1 Å². The Bertz CT molecular complexity index is 605. The van der Waals surface area contributed by atoms with Crippen LogP contribution in [0.15, 0.2) is 46.9 Å². The van der Waals surface area contributed by atoms with Crippen LogP contribution in [0.3, 0.4) is 0 Å². The minimum Gasteiger partial charge on any atom is -0.489 e. The van der Waals surface area contributed by atoms with Gasteiger partial charge in [0, 0.05) is 10.4 Å². The van der Waals surface area contributed by atoms with Crippen molar-refractivity contribution in [1.82, 2.24) is 0 Å². The molecule has 0 saturated carbocycles. The number of rotatable bonds is 4. The fourth-order valence-electron chi connectivity index (χ4n) is 1.59. The number of hydrogen-bond donors (Lipinski definition) is 0. The third-order valence-corrected chi connectivity index (χ3v) is 3.71. The highest BCUT2D eigenvalue weighted by Gasteiger charge is 2.02. The first kappa shape index (κ1) is 13.9. The molecule has 0 spiro atoms. The summed E-state index contributed by atoms with van der Waals surface area (Å²) in [5.41, 5.74) is 2.67. The molecule has 19 heavy (non-hydrogen) atoms. The van der Waals surface area contributed by atoms with Gasteiger partial charge in [0.05, 0.1) is 11.6 Å². The van der Waals surface area contributed by atoms with Gasteiger partial charge in [-0.05, 0) is 41.5 Å². The van der Waals surface area contributed by atoms with Crippen molar-refractivity contribution >= 4 is 27.5 Å². The van der Waals surface area contributed by atoms with Crippen molar-refractivity contribution in [2.45, 2.75) is 12.5 Å². The number of hydrogen-bond acceptors (Lipinski definition) is 2. The zero-order valence-electron chi connectivity index (χ0n) is 10.1. The highest BCUT2D eigenvalue weighted by Crippen LogP contribution is 2.24. The van der Waals surface area contributed by atoms with Crippen LogP contribution >= 0.6 is 27.5 Å². The second kappa shape index (κ2) is 6.60. The van der Waals surface area contributed by atoms with Crippen molar-refractivity contribution in [2.24, 2.45) is 0 Å². The van der Waals surface area contributed by atoms with Gasteiger partial charge >= 0.3 is 0 Å². The smallest absolute Gasteiger partial charge is 0.120 e. The summed E-state index contributed by atoms with van der Waals surface area (Å²) in [6.07, 6.45) is 0. The molecule has 0 saturated heterocycles. The van der Waals surface area contributed by atoms with Gasteiger partial charge in [0.2, 0.25) is 0 Å². The van der Waals surface area contributed by atoms with Gasteiger partial charge in [-0.2, -0.15) is 5.26 Å². The van der Waals surface area contributed by atoms with Crippen LogP contribution in [-0.4, -0.2) is 0 Å². The Balaban J connectivity index is 2.03. The van der Waals surface area contributed by atoms with E-state index >= 15 is 0 Å². The van der Waals surface area contributed by atoms with Crippen LogP contribution in [0.1, 0.15) is 16.7 Å². The lowest BCUT2D eigenvalue weighted by Crippen LogP contribution is -1.96. The van der Waals surface area contributed by atoms with Gasteiger partial charge in [-0.25, -0.2) is 0 Å². The number of benzene rings is 2. The Morgan fingerprint density at radius 3 is 2.53 bits per heavy atom. The van der Waals surface area contributed by atoms with Gasteiger partial charge in [0.15, 0.2) is 0 Å². The first-order valence-corrected chi connectivity index (χ1v) is 7.02. The second-order valence-corrected chi connectivity index (χ2v) is 5.11. The zero-order valence-corrected chi connectivity index (χ0v) is 12.4. The predicted molar refractivity (Wildman–Crippen MR) is 79.2 cm³/mol. The van der Waals surface area contributed by atoms with E-state index in [1.165, 1.54) is 0 Å². The van der Waals surface area contributed by atoms with Crippen molar-refractivity contribution in [3.63, 3.8) is 0 Å². The van der Waals surface area contributed by atoms with Crippen molar-refractivity contribution < 1.29 is 4.74 Å². The maximum Gasteiger partial charge on any atom is 0.120 e. The highest BCUT2D eigenvalue weighted by molar-refractivity contribution is 9.10. The summed E-state index contributed by atoms with van der Waals surface area (Å²) < 4.78 is 6.68. The quantitative estimate of drug-likeness (QED) is 0.762. The molecule has 0 aliphatic rings. The van der Waals surface area contributed by atoms with Crippen LogP contribution in [-0.2, 0) is 12.5 Å². The SMILES string of the molecule is N#Cc1ccc(COc2ccc(Br)c(CCl)c2)cc1. The molecule has 0 radical (unpaired) electrons. The molecule has 0 bridgehead atoms. The van der Waals surface area contributed by atoms with Crippen LogP contribution < -0.4 is 4.74 Å². The molecule has 96 valence electrons. The molecule has 0 heterocycles. The second-order valence-electron chi connectivity index (χ2n) is 3.98. The Morgan fingerprint density at radius 1 is 1.16 bits per heavy atom. The van der Waals surface area contributed by atoms with Crippen molar-refractivity contribution in [1.29, 1.82) is 5.26 Å². The van der Waals surface area contributed by atoms with Crippen LogP contribution in [0.25, 0.3) is 0 Å². The third kappa shape index (κ3) is 3.73. The summed E-state index contributed by atoms with van der Waals surface area (Å²) in [4.78, 5) is 0. The van der Waals surface area contributed by atoms with Gasteiger partial charge in [0.1, 0.15) is 12.4 Å². The molecule has 0 aliphatic carbocycles. The Kier molecular flexibility index (Phi) is 4.84. The summed E-state index contributed by atoms with van der Waals surface area (Å²) in [5, 5.41) is 8.72. The van der Waals surface area contributed by atoms with Gasteiger partial charge in [-0.15, -0.1) is 11.6 Å². The Hall–Kier alpha value is -1.50. The molecule has 2 rings (SSSR count). The maximum atomic E-state index is 8.72. The number of nitriles is 1. The summed E-state index contributed by atoms with van der Waals surface area (Å²) in [6, 6.07) is 15.2. The van der Waals surface area contributed by atoms with E-state index in [9.17, 15) is 0 Å². The molecule has 2 nitrogen and oxygen atoms in total. The predicted octanol–water partition coefficient (Wildman–Crippen LogP) is 4.64. The van der Waals surface area contributed by atoms with Crippen LogP contribution in [0.2, 0.25) is 0 Å². The summed E-state index contributed by atoms with van der Waals surface area (Å²) in [6.45, 7) is 0.467. The normalized spacial score (nSPS) is 9.95. The van der Waals surface area contributed by atoms with E-state index in [0.717, 1.165) is 21.3 Å². The van der Waals surface area contributed by atoms with Crippen LogP contribution in [0.4, 0.5) is 0 Å². The minimum absolute atomic E-state index is 0.439. The lowest BCUT2D eigenvalue weighted by molar-refractivity contribution is 0.306. The molecule has 2 aromatic carbocycles. The summed E-state index contributed by atoms with van der Waals surface area (Å²) >= 11 is 9.27.